The molecule has 98 valence electrons. The summed E-state index contributed by atoms with van der Waals surface area (Å²) in [6.07, 6.45) is 2.15. The van der Waals surface area contributed by atoms with Crippen LogP contribution in [0.1, 0.15) is 19.8 Å². The highest BCUT2D eigenvalue weighted by molar-refractivity contribution is 9.10. The molecule has 18 heavy (non-hydrogen) atoms. The number of likely N-dealkylation sites (tertiary alicyclic amines) is 1. The fraction of sp³-hybridized carbons (Fsp3) is 0.462. The van der Waals surface area contributed by atoms with Crippen LogP contribution in [0.3, 0.4) is 0 Å². The van der Waals surface area contributed by atoms with Gasteiger partial charge in [-0.1, -0.05) is 13.0 Å². The maximum Gasteiger partial charge on any atom is 0.321 e. The lowest BCUT2D eigenvalue weighted by atomic mass is 10.0. The van der Waals surface area contributed by atoms with Gasteiger partial charge in [0.15, 0.2) is 0 Å². The Morgan fingerprint density at radius 2 is 2.33 bits per heavy atom. The number of hydrogen-bond acceptors (Lipinski definition) is 1. The van der Waals surface area contributed by atoms with Gasteiger partial charge < -0.3 is 10.2 Å². The Bertz CT molecular complexity index is 432. The van der Waals surface area contributed by atoms with Crippen LogP contribution in [0.15, 0.2) is 22.7 Å². The van der Waals surface area contributed by atoms with E-state index in [4.69, 9.17) is 0 Å². The number of piperidine rings is 1. The average molecular weight is 315 g/mol. The maximum absolute atomic E-state index is 13.6. The molecule has 0 bridgehead atoms. The van der Waals surface area contributed by atoms with Crippen LogP contribution in [0, 0.1) is 11.7 Å². The fourth-order valence-electron chi connectivity index (χ4n) is 2.18. The second kappa shape index (κ2) is 5.69. The molecule has 0 aliphatic carbocycles. The van der Waals surface area contributed by atoms with Crippen molar-refractivity contribution in [1.29, 1.82) is 0 Å². The predicted molar refractivity (Wildman–Crippen MR) is 73.1 cm³/mol. The molecule has 0 aromatic heterocycles. The lowest BCUT2D eigenvalue weighted by molar-refractivity contribution is 0.182. The van der Waals surface area contributed by atoms with Gasteiger partial charge in [0.05, 0.1) is 5.69 Å². The van der Waals surface area contributed by atoms with Crippen molar-refractivity contribution >= 4 is 27.6 Å². The number of carbonyl (C=O) groups excluding carboxylic acids is 1. The van der Waals surface area contributed by atoms with Crippen LogP contribution in [0.5, 0.6) is 0 Å². The molecule has 1 aliphatic rings. The van der Waals surface area contributed by atoms with E-state index in [0.717, 1.165) is 25.9 Å². The van der Waals surface area contributed by atoms with Crippen LogP contribution in [-0.4, -0.2) is 24.0 Å². The monoisotopic (exact) mass is 314 g/mol. The van der Waals surface area contributed by atoms with E-state index < -0.39 is 5.82 Å². The van der Waals surface area contributed by atoms with E-state index in [9.17, 15) is 9.18 Å². The summed E-state index contributed by atoms with van der Waals surface area (Å²) in [7, 11) is 0. The number of anilines is 1. The predicted octanol–water partition coefficient (Wildman–Crippen LogP) is 3.85. The molecule has 1 aromatic rings. The summed E-state index contributed by atoms with van der Waals surface area (Å²) in [6.45, 7) is 3.60. The first-order valence-corrected chi connectivity index (χ1v) is 6.87. The van der Waals surface area contributed by atoms with Crippen molar-refractivity contribution in [3.8, 4) is 0 Å². The van der Waals surface area contributed by atoms with E-state index in [2.05, 4.69) is 28.2 Å². The van der Waals surface area contributed by atoms with E-state index in [1.54, 1.807) is 17.0 Å². The third-order valence-corrected chi connectivity index (χ3v) is 3.80. The Balaban J connectivity index is 2.07. The van der Waals surface area contributed by atoms with Crippen LogP contribution >= 0.6 is 15.9 Å². The zero-order chi connectivity index (χ0) is 13.1. The third kappa shape index (κ3) is 3.02. The minimum Gasteiger partial charge on any atom is -0.324 e. The zero-order valence-corrected chi connectivity index (χ0v) is 11.8. The third-order valence-electron chi connectivity index (χ3n) is 3.14. The van der Waals surface area contributed by atoms with E-state index in [1.807, 2.05) is 0 Å². The van der Waals surface area contributed by atoms with Gasteiger partial charge in [-0.15, -0.1) is 0 Å². The molecule has 5 heteroatoms. The van der Waals surface area contributed by atoms with Crippen LogP contribution in [-0.2, 0) is 0 Å². The van der Waals surface area contributed by atoms with E-state index in [0.29, 0.717) is 10.4 Å². The van der Waals surface area contributed by atoms with E-state index >= 15 is 0 Å². The topological polar surface area (TPSA) is 32.3 Å². The van der Waals surface area contributed by atoms with Gasteiger partial charge in [-0.25, -0.2) is 9.18 Å². The number of benzene rings is 1. The molecule has 1 heterocycles. The Hall–Kier alpha value is -1.10. The van der Waals surface area contributed by atoms with Gasteiger partial charge in [-0.05, 0) is 46.8 Å². The van der Waals surface area contributed by atoms with Gasteiger partial charge in [0.2, 0.25) is 0 Å². The molecule has 1 aliphatic heterocycles. The molecule has 3 nitrogen and oxygen atoms in total. The molecular weight excluding hydrogens is 299 g/mol. The highest BCUT2D eigenvalue weighted by Crippen LogP contribution is 2.26. The summed E-state index contributed by atoms with van der Waals surface area (Å²) in [6, 6.07) is 4.40. The van der Waals surface area contributed by atoms with Crippen molar-refractivity contribution < 1.29 is 9.18 Å². The Morgan fingerprint density at radius 3 is 3.00 bits per heavy atom. The van der Waals surface area contributed by atoms with Gasteiger partial charge >= 0.3 is 6.03 Å². The fourth-order valence-corrected chi connectivity index (χ4v) is 2.62. The average Bonchev–Trinajstić information content (AvgIpc) is 2.34. The molecule has 1 saturated heterocycles. The SMILES string of the molecule is CC1CCCN(C(=O)Nc2c(F)cccc2Br)C1. The van der Waals surface area contributed by atoms with Crippen LogP contribution in [0.2, 0.25) is 0 Å². The molecule has 1 unspecified atom stereocenters. The second-order valence-electron chi connectivity index (χ2n) is 4.72. The molecule has 2 rings (SSSR count). The first kappa shape index (κ1) is 13.3. The number of rotatable bonds is 1. The number of amides is 2. The standard InChI is InChI=1S/C13H16BrFN2O/c1-9-4-3-7-17(8-9)13(18)16-12-10(14)5-2-6-11(12)15/h2,5-6,9H,3-4,7-8H2,1H3,(H,16,18). The first-order valence-electron chi connectivity index (χ1n) is 6.08. The highest BCUT2D eigenvalue weighted by atomic mass is 79.9. The minimum atomic E-state index is -0.428. The smallest absolute Gasteiger partial charge is 0.321 e. The van der Waals surface area contributed by atoms with Crippen molar-refractivity contribution in [2.75, 3.05) is 18.4 Å². The number of nitrogens with zero attached hydrogens (tertiary/aromatic N) is 1. The summed E-state index contributed by atoms with van der Waals surface area (Å²) in [5.74, 6) is 0.0799. The number of hydrogen-bond donors (Lipinski definition) is 1. The summed E-state index contributed by atoms with van der Waals surface area (Å²) in [4.78, 5) is 13.8. The Kier molecular flexibility index (Phi) is 4.22. The lowest BCUT2D eigenvalue weighted by Crippen LogP contribution is -2.41. The molecular formula is C13H16BrFN2O. The molecule has 1 fully saturated rings. The van der Waals surface area contributed by atoms with Gasteiger partial charge in [-0.3, -0.25) is 0 Å². The van der Waals surface area contributed by atoms with Crippen molar-refractivity contribution in [2.45, 2.75) is 19.8 Å². The van der Waals surface area contributed by atoms with Gasteiger partial charge in [0.25, 0.3) is 0 Å². The quantitative estimate of drug-likeness (QED) is 0.839. The maximum atomic E-state index is 13.6. The summed E-state index contributed by atoms with van der Waals surface area (Å²) >= 11 is 3.24. The van der Waals surface area contributed by atoms with Gasteiger partial charge in [0, 0.05) is 17.6 Å². The molecule has 1 atom stereocenters. The summed E-state index contributed by atoms with van der Waals surface area (Å²) < 4.78 is 14.1. The number of urea groups is 1. The molecule has 0 saturated carbocycles. The van der Waals surface area contributed by atoms with Gasteiger partial charge in [-0.2, -0.15) is 0 Å². The molecule has 0 spiro atoms. The van der Waals surface area contributed by atoms with E-state index in [-0.39, 0.29) is 11.7 Å². The van der Waals surface area contributed by atoms with Crippen LogP contribution in [0.4, 0.5) is 14.9 Å². The van der Waals surface area contributed by atoms with E-state index in [1.165, 1.54) is 6.07 Å². The van der Waals surface area contributed by atoms with Crippen LogP contribution in [0.25, 0.3) is 0 Å². The van der Waals surface area contributed by atoms with Crippen molar-refractivity contribution in [3.63, 3.8) is 0 Å². The molecule has 0 radical (unpaired) electrons. The number of halogens is 2. The zero-order valence-electron chi connectivity index (χ0n) is 10.2. The second-order valence-corrected chi connectivity index (χ2v) is 5.57. The number of para-hydroxylation sites is 1. The number of carbonyl (C=O) groups is 1. The van der Waals surface area contributed by atoms with Gasteiger partial charge in [0.1, 0.15) is 5.82 Å². The Labute approximate surface area is 114 Å². The molecule has 1 aromatic carbocycles. The first-order chi connectivity index (χ1) is 8.58. The van der Waals surface area contributed by atoms with Crippen molar-refractivity contribution in [3.05, 3.63) is 28.5 Å². The molecule has 1 N–H and O–H groups in total. The van der Waals surface area contributed by atoms with Crippen molar-refractivity contribution in [1.82, 2.24) is 4.90 Å². The largest absolute Gasteiger partial charge is 0.324 e. The van der Waals surface area contributed by atoms with Crippen LogP contribution < -0.4 is 5.32 Å². The number of nitrogens with one attached hydrogen (secondary N) is 1. The van der Waals surface area contributed by atoms with Crippen molar-refractivity contribution in [2.24, 2.45) is 5.92 Å². The summed E-state index contributed by atoms with van der Waals surface area (Å²) in [5.41, 5.74) is 0.209. The lowest BCUT2D eigenvalue weighted by Gasteiger charge is -2.31. The minimum absolute atomic E-state index is 0.209. The normalized spacial score (nSPS) is 19.7. The Morgan fingerprint density at radius 1 is 1.56 bits per heavy atom. The molecule has 2 amide bonds. The summed E-state index contributed by atoms with van der Waals surface area (Å²) in [5, 5.41) is 2.63. The highest BCUT2D eigenvalue weighted by Gasteiger charge is 2.22.